The van der Waals surface area contributed by atoms with Crippen molar-refractivity contribution >= 4 is 11.6 Å². The Morgan fingerprint density at radius 2 is 2.00 bits per heavy atom. The van der Waals surface area contributed by atoms with E-state index in [-0.39, 0.29) is 0 Å². The topological polar surface area (TPSA) is 41.0 Å². The highest BCUT2D eigenvalue weighted by atomic mass is 15.2. The van der Waals surface area contributed by atoms with E-state index in [2.05, 4.69) is 29.1 Å². The predicted molar refractivity (Wildman–Crippen MR) is 55.1 cm³/mol. The monoisotopic (exact) mass is 180 g/mol. The van der Waals surface area contributed by atoms with Crippen molar-refractivity contribution in [2.45, 2.75) is 19.9 Å². The first-order valence-electron chi connectivity index (χ1n) is 4.35. The van der Waals surface area contributed by atoms with Crippen molar-refractivity contribution in [2.24, 2.45) is 0 Å². The van der Waals surface area contributed by atoms with Gasteiger partial charge in [0.1, 0.15) is 18.0 Å². The van der Waals surface area contributed by atoms with Gasteiger partial charge in [-0.3, -0.25) is 0 Å². The molecule has 72 valence electrons. The number of nitrogens with zero attached hydrogens (tertiary/aromatic N) is 3. The minimum atomic E-state index is 0.393. The van der Waals surface area contributed by atoms with Gasteiger partial charge in [-0.2, -0.15) is 0 Å². The van der Waals surface area contributed by atoms with E-state index in [4.69, 9.17) is 0 Å². The van der Waals surface area contributed by atoms with E-state index in [0.29, 0.717) is 6.04 Å². The third-order valence-electron chi connectivity index (χ3n) is 1.55. The first-order valence-corrected chi connectivity index (χ1v) is 4.35. The van der Waals surface area contributed by atoms with Crippen molar-refractivity contribution in [1.82, 2.24) is 9.97 Å². The van der Waals surface area contributed by atoms with E-state index in [0.717, 1.165) is 11.6 Å². The van der Waals surface area contributed by atoms with Crippen LogP contribution in [0.3, 0.4) is 0 Å². The van der Waals surface area contributed by atoms with E-state index in [9.17, 15) is 0 Å². The lowest BCUT2D eigenvalue weighted by Crippen LogP contribution is -2.14. The second-order valence-electron chi connectivity index (χ2n) is 3.45. The minimum Gasteiger partial charge on any atom is -0.368 e. The quantitative estimate of drug-likeness (QED) is 0.762. The Bertz CT molecular complexity index is 270. The van der Waals surface area contributed by atoms with Gasteiger partial charge < -0.3 is 10.2 Å². The molecule has 0 aliphatic carbocycles. The van der Waals surface area contributed by atoms with Crippen molar-refractivity contribution in [3.05, 3.63) is 12.4 Å². The lowest BCUT2D eigenvalue weighted by atomic mass is 10.4. The number of hydrogen-bond acceptors (Lipinski definition) is 4. The molecule has 0 amide bonds. The zero-order valence-corrected chi connectivity index (χ0v) is 8.57. The fourth-order valence-corrected chi connectivity index (χ4v) is 0.966. The molecule has 0 saturated carbocycles. The number of aromatic nitrogens is 2. The predicted octanol–water partition coefficient (Wildman–Crippen LogP) is 1.36. The van der Waals surface area contributed by atoms with Gasteiger partial charge in [0.15, 0.2) is 0 Å². The summed E-state index contributed by atoms with van der Waals surface area (Å²) in [5.41, 5.74) is 0. The molecule has 0 fully saturated rings. The molecule has 0 spiro atoms. The Labute approximate surface area is 79.0 Å². The zero-order valence-electron chi connectivity index (χ0n) is 8.57. The summed E-state index contributed by atoms with van der Waals surface area (Å²) < 4.78 is 0. The maximum absolute atomic E-state index is 4.12. The van der Waals surface area contributed by atoms with E-state index in [1.165, 1.54) is 0 Å². The molecule has 0 bridgehead atoms. The molecule has 0 atom stereocenters. The lowest BCUT2D eigenvalue weighted by Gasteiger charge is -2.13. The molecular weight excluding hydrogens is 164 g/mol. The lowest BCUT2D eigenvalue weighted by molar-refractivity contribution is 0.884. The van der Waals surface area contributed by atoms with Crippen molar-refractivity contribution < 1.29 is 0 Å². The number of rotatable bonds is 3. The summed E-state index contributed by atoms with van der Waals surface area (Å²) in [4.78, 5) is 10.2. The number of hydrogen-bond donors (Lipinski definition) is 1. The van der Waals surface area contributed by atoms with Gasteiger partial charge in [-0.25, -0.2) is 9.97 Å². The van der Waals surface area contributed by atoms with Crippen molar-refractivity contribution in [3.63, 3.8) is 0 Å². The standard InChI is InChI=1S/C9H16N4/c1-7(2)12-8-5-9(13(3)4)11-6-10-8/h5-7H,1-4H3,(H,10,11,12). The van der Waals surface area contributed by atoms with Gasteiger partial charge in [0.05, 0.1) is 0 Å². The van der Waals surface area contributed by atoms with Crippen LogP contribution in [0, 0.1) is 0 Å². The van der Waals surface area contributed by atoms with Crippen LogP contribution >= 0.6 is 0 Å². The summed E-state index contributed by atoms with van der Waals surface area (Å²) in [6.45, 7) is 4.16. The third-order valence-corrected chi connectivity index (χ3v) is 1.55. The van der Waals surface area contributed by atoms with Crippen LogP contribution in [-0.2, 0) is 0 Å². The van der Waals surface area contributed by atoms with E-state index in [1.54, 1.807) is 6.33 Å². The molecule has 4 heteroatoms. The molecule has 0 unspecified atom stereocenters. The molecule has 0 saturated heterocycles. The highest BCUT2D eigenvalue weighted by Gasteiger charge is 2.00. The molecule has 1 rings (SSSR count). The summed E-state index contributed by atoms with van der Waals surface area (Å²) in [7, 11) is 3.92. The maximum Gasteiger partial charge on any atom is 0.133 e. The summed E-state index contributed by atoms with van der Waals surface area (Å²) in [6, 6.07) is 2.32. The van der Waals surface area contributed by atoms with Gasteiger partial charge >= 0.3 is 0 Å². The molecular formula is C9H16N4. The van der Waals surface area contributed by atoms with Crippen molar-refractivity contribution in [1.29, 1.82) is 0 Å². The SMILES string of the molecule is CC(C)Nc1cc(N(C)C)ncn1. The van der Waals surface area contributed by atoms with Crippen LogP contribution in [0.1, 0.15) is 13.8 Å². The van der Waals surface area contributed by atoms with E-state index < -0.39 is 0 Å². The normalized spacial score (nSPS) is 10.2. The van der Waals surface area contributed by atoms with Gasteiger partial charge in [-0.1, -0.05) is 0 Å². The van der Waals surface area contributed by atoms with Crippen LogP contribution in [0.4, 0.5) is 11.6 Å². The average molecular weight is 180 g/mol. The second kappa shape index (κ2) is 4.07. The largest absolute Gasteiger partial charge is 0.368 e. The van der Waals surface area contributed by atoms with Gasteiger partial charge in [-0.15, -0.1) is 0 Å². The van der Waals surface area contributed by atoms with Crippen molar-refractivity contribution in [2.75, 3.05) is 24.3 Å². The Balaban J connectivity index is 2.79. The second-order valence-corrected chi connectivity index (χ2v) is 3.45. The van der Waals surface area contributed by atoms with E-state index in [1.807, 2.05) is 25.1 Å². The number of nitrogens with one attached hydrogen (secondary N) is 1. The van der Waals surface area contributed by atoms with Gasteiger partial charge in [0.25, 0.3) is 0 Å². The summed E-state index contributed by atoms with van der Waals surface area (Å²) in [6.07, 6.45) is 1.57. The van der Waals surface area contributed by atoms with Gasteiger partial charge in [-0.05, 0) is 13.8 Å². The van der Waals surface area contributed by atoms with Crippen LogP contribution in [0.25, 0.3) is 0 Å². The van der Waals surface area contributed by atoms with E-state index >= 15 is 0 Å². The molecule has 0 aromatic carbocycles. The Hall–Kier alpha value is -1.32. The Morgan fingerprint density at radius 3 is 2.54 bits per heavy atom. The highest BCUT2D eigenvalue weighted by molar-refractivity contribution is 5.47. The third kappa shape index (κ3) is 2.89. The smallest absolute Gasteiger partial charge is 0.133 e. The molecule has 0 aliphatic heterocycles. The van der Waals surface area contributed by atoms with Crippen LogP contribution in [0.15, 0.2) is 12.4 Å². The molecule has 0 radical (unpaired) electrons. The molecule has 0 aliphatic rings. The summed E-state index contributed by atoms with van der Waals surface area (Å²) in [5, 5.41) is 3.22. The molecule has 13 heavy (non-hydrogen) atoms. The Morgan fingerprint density at radius 1 is 1.31 bits per heavy atom. The fraction of sp³-hybridized carbons (Fsp3) is 0.556. The van der Waals surface area contributed by atoms with Gasteiger partial charge in [0.2, 0.25) is 0 Å². The average Bonchev–Trinajstić information content (AvgIpc) is 2.03. The minimum absolute atomic E-state index is 0.393. The van der Waals surface area contributed by atoms with Crippen LogP contribution in [0.2, 0.25) is 0 Å². The van der Waals surface area contributed by atoms with Crippen LogP contribution in [0.5, 0.6) is 0 Å². The molecule has 1 N–H and O–H groups in total. The first kappa shape index (κ1) is 9.77. The fourth-order valence-electron chi connectivity index (χ4n) is 0.966. The zero-order chi connectivity index (χ0) is 9.84. The van der Waals surface area contributed by atoms with Gasteiger partial charge in [0, 0.05) is 26.2 Å². The van der Waals surface area contributed by atoms with Crippen LogP contribution in [-0.4, -0.2) is 30.1 Å². The Kier molecular flexibility index (Phi) is 3.06. The maximum atomic E-state index is 4.12. The first-order chi connectivity index (χ1) is 6.09. The van der Waals surface area contributed by atoms with Crippen molar-refractivity contribution in [3.8, 4) is 0 Å². The summed E-state index contributed by atoms with van der Waals surface area (Å²) >= 11 is 0. The molecule has 4 nitrogen and oxygen atoms in total. The molecule has 1 heterocycles. The molecule has 1 aromatic heterocycles. The highest BCUT2D eigenvalue weighted by Crippen LogP contribution is 2.11. The summed E-state index contributed by atoms with van der Waals surface area (Å²) in [5.74, 6) is 1.78. The molecule has 1 aromatic rings. The van der Waals surface area contributed by atoms with Crippen LogP contribution < -0.4 is 10.2 Å². The number of anilines is 2.